The van der Waals surface area contributed by atoms with E-state index in [-0.39, 0.29) is 24.8 Å². The molecule has 0 saturated heterocycles. The van der Waals surface area contributed by atoms with Gasteiger partial charge in [-0.15, -0.1) is 12.4 Å². The van der Waals surface area contributed by atoms with Gasteiger partial charge in [-0.1, -0.05) is 26.8 Å². The zero-order valence-corrected chi connectivity index (χ0v) is 15.8. The molecular formula is C18H28ClNO4. The van der Waals surface area contributed by atoms with E-state index in [0.29, 0.717) is 29.9 Å². The maximum atomic E-state index is 12.1. The number of hydrogen-bond acceptors (Lipinski definition) is 5. The summed E-state index contributed by atoms with van der Waals surface area (Å²) in [4.78, 5) is 26.5. The highest BCUT2D eigenvalue weighted by molar-refractivity contribution is 6.03. The van der Waals surface area contributed by atoms with E-state index in [1.54, 1.807) is 32.0 Å². The number of benzene rings is 1. The van der Waals surface area contributed by atoms with Crippen LogP contribution in [-0.4, -0.2) is 49.5 Å². The molecule has 1 aromatic rings. The molecule has 0 spiro atoms. The monoisotopic (exact) mass is 357 g/mol. The molecule has 1 aromatic carbocycles. The predicted octanol–water partition coefficient (Wildman–Crippen LogP) is 3.60. The van der Waals surface area contributed by atoms with Crippen LogP contribution in [-0.2, 0) is 4.74 Å². The summed E-state index contributed by atoms with van der Waals surface area (Å²) in [5, 5.41) is 0. The van der Waals surface area contributed by atoms with Gasteiger partial charge in [0.25, 0.3) is 0 Å². The van der Waals surface area contributed by atoms with Crippen LogP contribution >= 0.6 is 12.4 Å². The van der Waals surface area contributed by atoms with Gasteiger partial charge in [-0.3, -0.25) is 4.79 Å². The molecular weight excluding hydrogens is 330 g/mol. The smallest absolute Gasteiger partial charge is 0.341 e. The molecule has 0 N–H and O–H groups in total. The largest absolute Gasteiger partial charge is 0.491 e. The van der Waals surface area contributed by atoms with Gasteiger partial charge in [0.15, 0.2) is 5.78 Å². The molecule has 0 aliphatic rings. The number of halogens is 1. The van der Waals surface area contributed by atoms with Gasteiger partial charge >= 0.3 is 5.97 Å². The molecule has 0 heterocycles. The van der Waals surface area contributed by atoms with Gasteiger partial charge in [-0.2, -0.15) is 0 Å². The van der Waals surface area contributed by atoms with Crippen molar-refractivity contribution in [1.82, 2.24) is 4.90 Å². The molecule has 0 amide bonds. The highest BCUT2D eigenvalue weighted by Gasteiger charge is 2.20. The first-order chi connectivity index (χ1) is 11.1. The van der Waals surface area contributed by atoms with Crippen molar-refractivity contribution in [1.29, 1.82) is 0 Å². The molecule has 0 aromatic heterocycles. The Kier molecular flexibility index (Phi) is 11.1. The Hall–Kier alpha value is -1.59. The molecule has 0 atom stereocenters. The summed E-state index contributed by atoms with van der Waals surface area (Å²) in [5.41, 5.74) is 0.753. The van der Waals surface area contributed by atoms with Gasteiger partial charge in [0.1, 0.15) is 17.9 Å². The van der Waals surface area contributed by atoms with E-state index in [2.05, 4.69) is 18.7 Å². The number of para-hydroxylation sites is 1. The van der Waals surface area contributed by atoms with Crippen molar-refractivity contribution in [2.75, 3.05) is 32.8 Å². The first-order valence-electron chi connectivity index (χ1n) is 8.27. The van der Waals surface area contributed by atoms with Crippen molar-refractivity contribution in [3.8, 4) is 5.75 Å². The fourth-order valence-corrected chi connectivity index (χ4v) is 2.29. The van der Waals surface area contributed by atoms with Crippen LogP contribution in [0.3, 0.4) is 0 Å². The fourth-order valence-electron chi connectivity index (χ4n) is 2.29. The van der Waals surface area contributed by atoms with E-state index < -0.39 is 5.97 Å². The maximum Gasteiger partial charge on any atom is 0.341 e. The van der Waals surface area contributed by atoms with Crippen molar-refractivity contribution in [2.24, 2.45) is 0 Å². The van der Waals surface area contributed by atoms with Crippen LogP contribution in [0.4, 0.5) is 0 Å². The first kappa shape index (κ1) is 22.4. The molecule has 1 rings (SSSR count). The topological polar surface area (TPSA) is 55.8 Å². The third kappa shape index (κ3) is 6.13. The van der Waals surface area contributed by atoms with Gasteiger partial charge in [-0.25, -0.2) is 4.79 Å². The van der Waals surface area contributed by atoms with Crippen LogP contribution in [0.25, 0.3) is 0 Å². The standard InChI is InChI=1S/C18H27NO4.ClH/c1-5-16(20)14-10-9-11-15(18(21)22-8-4)17(14)23-13-12-19(6-2)7-3;/h9-11H,5-8,12-13H2,1-4H3;1H. The number of Topliss-reactive ketones (excluding diaryl/α,β-unsaturated/α-hetero) is 1. The lowest BCUT2D eigenvalue weighted by Crippen LogP contribution is -2.28. The molecule has 5 nitrogen and oxygen atoms in total. The maximum absolute atomic E-state index is 12.1. The van der Waals surface area contributed by atoms with Gasteiger partial charge < -0.3 is 14.4 Å². The minimum atomic E-state index is -0.462. The molecule has 0 unspecified atom stereocenters. The third-order valence-electron chi connectivity index (χ3n) is 3.68. The summed E-state index contributed by atoms with van der Waals surface area (Å²) in [6.07, 6.45) is 0.360. The number of rotatable bonds is 10. The van der Waals surface area contributed by atoms with Gasteiger partial charge in [0.2, 0.25) is 0 Å². The molecule has 24 heavy (non-hydrogen) atoms. The number of likely N-dealkylation sites (N-methyl/N-ethyl adjacent to an activating group) is 1. The van der Waals surface area contributed by atoms with E-state index in [4.69, 9.17) is 9.47 Å². The van der Waals surface area contributed by atoms with E-state index in [9.17, 15) is 9.59 Å². The highest BCUT2D eigenvalue weighted by Crippen LogP contribution is 2.26. The zero-order valence-electron chi connectivity index (χ0n) is 15.0. The fraction of sp³-hybridized carbons (Fsp3) is 0.556. The summed E-state index contributed by atoms with van der Waals surface area (Å²) < 4.78 is 10.9. The average Bonchev–Trinajstić information content (AvgIpc) is 2.58. The number of ether oxygens (including phenoxy) is 2. The average molecular weight is 358 g/mol. The number of hydrogen-bond donors (Lipinski definition) is 0. The Labute approximate surface area is 150 Å². The normalized spacial score (nSPS) is 10.2. The molecule has 136 valence electrons. The lowest BCUT2D eigenvalue weighted by atomic mass is 10.0. The zero-order chi connectivity index (χ0) is 17.2. The number of carbonyl (C=O) groups is 2. The Morgan fingerprint density at radius 3 is 2.21 bits per heavy atom. The molecule has 0 fully saturated rings. The number of carbonyl (C=O) groups excluding carboxylic acids is 2. The number of esters is 1. The summed E-state index contributed by atoms with van der Waals surface area (Å²) in [5.74, 6) is -0.171. The first-order valence-corrected chi connectivity index (χ1v) is 8.27. The van der Waals surface area contributed by atoms with Crippen LogP contribution in [0.5, 0.6) is 5.75 Å². The van der Waals surface area contributed by atoms with Crippen LogP contribution in [0.2, 0.25) is 0 Å². The Balaban J connectivity index is 0.00000529. The lowest BCUT2D eigenvalue weighted by molar-refractivity contribution is 0.0521. The molecule has 0 radical (unpaired) electrons. The predicted molar refractivity (Wildman–Crippen MR) is 97.6 cm³/mol. The Morgan fingerprint density at radius 1 is 1.04 bits per heavy atom. The molecule has 0 aliphatic heterocycles. The van der Waals surface area contributed by atoms with Crippen molar-refractivity contribution >= 4 is 24.2 Å². The van der Waals surface area contributed by atoms with E-state index in [1.807, 2.05) is 0 Å². The van der Waals surface area contributed by atoms with Crippen LogP contribution < -0.4 is 4.74 Å². The minimum Gasteiger partial charge on any atom is -0.491 e. The van der Waals surface area contributed by atoms with E-state index in [1.165, 1.54) is 0 Å². The van der Waals surface area contributed by atoms with Gasteiger partial charge in [0.05, 0.1) is 12.2 Å². The third-order valence-corrected chi connectivity index (χ3v) is 3.68. The van der Waals surface area contributed by atoms with Crippen molar-refractivity contribution in [3.05, 3.63) is 29.3 Å². The van der Waals surface area contributed by atoms with Gasteiger partial charge in [0, 0.05) is 13.0 Å². The second kappa shape index (κ2) is 11.9. The molecule has 0 bridgehead atoms. The summed E-state index contributed by atoms with van der Waals surface area (Å²) in [6.45, 7) is 11.0. The molecule has 6 heteroatoms. The van der Waals surface area contributed by atoms with Crippen LogP contribution in [0, 0.1) is 0 Å². The Morgan fingerprint density at radius 2 is 1.67 bits per heavy atom. The van der Waals surface area contributed by atoms with Crippen molar-refractivity contribution in [2.45, 2.75) is 34.1 Å². The number of ketones is 1. The summed E-state index contributed by atoms with van der Waals surface area (Å²) >= 11 is 0. The summed E-state index contributed by atoms with van der Waals surface area (Å²) in [6, 6.07) is 5.02. The van der Waals surface area contributed by atoms with E-state index in [0.717, 1.165) is 19.6 Å². The van der Waals surface area contributed by atoms with Crippen molar-refractivity contribution < 1.29 is 19.1 Å². The quantitative estimate of drug-likeness (QED) is 0.473. The Bertz CT molecular complexity index is 530. The van der Waals surface area contributed by atoms with Crippen LogP contribution in [0.15, 0.2) is 18.2 Å². The lowest BCUT2D eigenvalue weighted by Gasteiger charge is -2.20. The van der Waals surface area contributed by atoms with E-state index >= 15 is 0 Å². The van der Waals surface area contributed by atoms with Crippen molar-refractivity contribution in [3.63, 3.8) is 0 Å². The number of nitrogens with zero attached hydrogens (tertiary/aromatic N) is 1. The van der Waals surface area contributed by atoms with Crippen LogP contribution in [0.1, 0.15) is 54.8 Å². The molecule has 0 aliphatic carbocycles. The summed E-state index contributed by atoms with van der Waals surface area (Å²) in [7, 11) is 0. The highest BCUT2D eigenvalue weighted by atomic mass is 35.5. The second-order valence-corrected chi connectivity index (χ2v) is 5.05. The molecule has 0 saturated carbocycles. The van der Waals surface area contributed by atoms with Gasteiger partial charge in [-0.05, 0) is 32.1 Å². The minimum absolute atomic E-state index is 0. The second-order valence-electron chi connectivity index (χ2n) is 5.05. The SMILES string of the molecule is CCOC(=O)c1cccc(C(=O)CC)c1OCCN(CC)CC.Cl.